The van der Waals surface area contributed by atoms with E-state index < -0.39 is 7.82 Å². The lowest BCUT2D eigenvalue weighted by Gasteiger charge is -2.28. The van der Waals surface area contributed by atoms with E-state index in [1.54, 1.807) is 0 Å². The Morgan fingerprint density at radius 1 is 0.690 bits per heavy atom. The molecule has 0 saturated heterocycles. The normalized spacial score (nSPS) is 12.8. The van der Waals surface area contributed by atoms with Crippen molar-refractivity contribution in [3.8, 4) is 11.5 Å². The molecule has 0 aliphatic rings. The molecule has 29 heavy (non-hydrogen) atoms. The maximum atomic E-state index is 13.1. The predicted octanol–water partition coefficient (Wildman–Crippen LogP) is 7.07. The summed E-state index contributed by atoms with van der Waals surface area (Å²) in [4.78, 5) is 10.7. The van der Waals surface area contributed by atoms with Crippen molar-refractivity contribution in [2.24, 2.45) is 0 Å². The van der Waals surface area contributed by atoms with Crippen molar-refractivity contribution in [1.82, 2.24) is 0 Å². The van der Waals surface area contributed by atoms with Gasteiger partial charge in [0.1, 0.15) is 11.5 Å². The summed E-state index contributed by atoms with van der Waals surface area (Å²) in [5.74, 6) is 0.826. The highest BCUT2D eigenvalue weighted by Gasteiger charge is 2.33. The highest BCUT2D eigenvalue weighted by Crippen LogP contribution is 2.51. The highest BCUT2D eigenvalue weighted by molar-refractivity contribution is 7.48. The molecular formula is C24H35O4P. The number of phosphoric acid groups is 1. The van der Waals surface area contributed by atoms with Crippen molar-refractivity contribution in [3.05, 3.63) is 57.6 Å². The summed E-state index contributed by atoms with van der Waals surface area (Å²) in [5.41, 5.74) is 5.05. The van der Waals surface area contributed by atoms with E-state index in [1.165, 1.54) is 0 Å². The van der Waals surface area contributed by atoms with E-state index >= 15 is 0 Å². The van der Waals surface area contributed by atoms with Gasteiger partial charge >= 0.3 is 7.82 Å². The molecule has 0 atom stereocenters. The van der Waals surface area contributed by atoms with Crippen LogP contribution in [0.15, 0.2) is 24.3 Å². The first-order chi connectivity index (χ1) is 13.0. The number of rotatable bonds is 4. The van der Waals surface area contributed by atoms with Gasteiger partial charge in [-0.25, -0.2) is 4.57 Å². The van der Waals surface area contributed by atoms with Gasteiger partial charge < -0.3 is 9.05 Å². The monoisotopic (exact) mass is 418 g/mol. The van der Waals surface area contributed by atoms with Crippen molar-refractivity contribution in [2.75, 3.05) is 0 Å². The summed E-state index contributed by atoms with van der Waals surface area (Å²) in [6, 6.07) is 7.89. The second kappa shape index (κ2) is 7.81. The molecule has 0 amide bonds. The first-order valence-electron chi connectivity index (χ1n) is 9.97. The SMILES string of the molecule is Cc1cc(C)c(OP(=O)(O)Oc2c(C)cc(C)cc2C(C)(C)C)c(C(C)(C)C)c1. The molecule has 160 valence electrons. The van der Waals surface area contributed by atoms with Crippen LogP contribution < -0.4 is 9.05 Å². The molecular weight excluding hydrogens is 383 g/mol. The van der Waals surface area contributed by atoms with Crippen molar-refractivity contribution < 1.29 is 18.5 Å². The fourth-order valence-corrected chi connectivity index (χ4v) is 4.50. The largest absolute Gasteiger partial charge is 0.584 e. The van der Waals surface area contributed by atoms with Crippen LogP contribution in [0.25, 0.3) is 0 Å². The fourth-order valence-electron chi connectivity index (χ4n) is 3.51. The molecule has 5 heteroatoms. The Balaban J connectivity index is 2.53. The molecule has 2 aromatic rings. The fraction of sp³-hybridized carbons (Fsp3) is 0.500. The van der Waals surface area contributed by atoms with Gasteiger partial charge in [-0.1, -0.05) is 76.9 Å². The van der Waals surface area contributed by atoms with Crippen LogP contribution in [-0.4, -0.2) is 4.89 Å². The summed E-state index contributed by atoms with van der Waals surface area (Å²) in [7, 11) is -4.41. The Bertz CT molecular complexity index is 887. The van der Waals surface area contributed by atoms with Gasteiger partial charge in [0.25, 0.3) is 0 Å². The zero-order valence-electron chi connectivity index (χ0n) is 19.4. The Morgan fingerprint density at radius 3 is 1.28 bits per heavy atom. The Morgan fingerprint density at radius 2 is 1.00 bits per heavy atom. The standard InChI is InChI=1S/C24H35O4P/c1-15-11-17(3)21(19(13-15)23(5,6)7)27-29(25,26)28-22-18(4)12-16(2)14-20(22)24(8,9)10/h11-14H,1-10H3,(H,25,26). The molecule has 2 aromatic carbocycles. The van der Waals surface area contributed by atoms with E-state index in [0.29, 0.717) is 11.5 Å². The average Bonchev–Trinajstić information content (AvgIpc) is 2.50. The van der Waals surface area contributed by atoms with E-state index in [9.17, 15) is 9.46 Å². The zero-order chi connectivity index (χ0) is 22.4. The summed E-state index contributed by atoms with van der Waals surface area (Å²) in [6.07, 6.45) is 0. The summed E-state index contributed by atoms with van der Waals surface area (Å²) < 4.78 is 24.5. The van der Waals surface area contributed by atoms with Crippen molar-refractivity contribution in [2.45, 2.75) is 80.1 Å². The second-order valence-electron chi connectivity index (χ2n) is 10.1. The molecule has 0 radical (unpaired) electrons. The van der Waals surface area contributed by atoms with Gasteiger partial charge in [0.05, 0.1) is 0 Å². The topological polar surface area (TPSA) is 55.8 Å². The number of hydrogen-bond donors (Lipinski definition) is 1. The summed E-state index contributed by atoms with van der Waals surface area (Å²) in [5, 5.41) is 0. The highest BCUT2D eigenvalue weighted by atomic mass is 31.2. The molecule has 2 rings (SSSR count). The van der Waals surface area contributed by atoms with Gasteiger partial charge in [0.15, 0.2) is 0 Å². The Labute approximate surface area is 175 Å². The Kier molecular flexibility index (Phi) is 6.33. The summed E-state index contributed by atoms with van der Waals surface area (Å²) in [6.45, 7) is 20.1. The average molecular weight is 419 g/mol. The minimum absolute atomic E-state index is 0.248. The van der Waals surface area contributed by atoms with E-state index in [0.717, 1.165) is 33.4 Å². The number of phosphoric ester groups is 1. The molecule has 0 bridgehead atoms. The van der Waals surface area contributed by atoms with Crippen LogP contribution in [0.5, 0.6) is 11.5 Å². The lowest BCUT2D eigenvalue weighted by Crippen LogP contribution is -2.17. The van der Waals surface area contributed by atoms with Gasteiger partial charge in [-0.2, -0.15) is 0 Å². The van der Waals surface area contributed by atoms with Crippen LogP contribution >= 0.6 is 7.82 Å². The van der Waals surface area contributed by atoms with Gasteiger partial charge in [-0.3, -0.25) is 4.89 Å². The quantitative estimate of drug-likeness (QED) is 0.539. The number of aryl methyl sites for hydroxylation is 4. The van der Waals surface area contributed by atoms with Crippen molar-refractivity contribution >= 4 is 7.82 Å². The van der Waals surface area contributed by atoms with Crippen LogP contribution in [0.3, 0.4) is 0 Å². The molecule has 0 unspecified atom stereocenters. The first kappa shape index (κ1) is 23.5. The minimum atomic E-state index is -4.41. The van der Waals surface area contributed by atoms with Crippen LogP contribution in [0, 0.1) is 27.7 Å². The van der Waals surface area contributed by atoms with Crippen LogP contribution in [-0.2, 0) is 15.4 Å². The third-order valence-electron chi connectivity index (χ3n) is 4.87. The molecule has 0 aliphatic carbocycles. The Hall–Kier alpha value is -1.77. The predicted molar refractivity (Wildman–Crippen MR) is 120 cm³/mol. The van der Waals surface area contributed by atoms with Gasteiger partial charge in [0.2, 0.25) is 0 Å². The van der Waals surface area contributed by atoms with E-state index in [2.05, 4.69) is 41.5 Å². The maximum Gasteiger partial charge on any atom is 0.584 e. The van der Waals surface area contributed by atoms with E-state index in [1.807, 2.05) is 52.0 Å². The number of benzene rings is 2. The zero-order valence-corrected chi connectivity index (χ0v) is 20.3. The van der Waals surface area contributed by atoms with Gasteiger partial charge in [-0.05, 0) is 49.7 Å². The number of hydrogen-bond acceptors (Lipinski definition) is 3. The van der Waals surface area contributed by atoms with Crippen LogP contribution in [0.2, 0.25) is 0 Å². The lowest BCUT2D eigenvalue weighted by atomic mass is 9.84. The third kappa shape index (κ3) is 5.65. The summed E-state index contributed by atoms with van der Waals surface area (Å²) >= 11 is 0. The molecule has 0 spiro atoms. The van der Waals surface area contributed by atoms with Crippen molar-refractivity contribution in [1.29, 1.82) is 0 Å². The molecule has 4 nitrogen and oxygen atoms in total. The molecule has 0 saturated carbocycles. The van der Waals surface area contributed by atoms with Gasteiger partial charge in [-0.15, -0.1) is 0 Å². The molecule has 0 fully saturated rings. The lowest BCUT2D eigenvalue weighted by molar-refractivity contribution is 0.284. The minimum Gasteiger partial charge on any atom is -0.395 e. The second-order valence-corrected chi connectivity index (χ2v) is 11.4. The van der Waals surface area contributed by atoms with Crippen LogP contribution in [0.1, 0.15) is 74.9 Å². The molecule has 0 heterocycles. The van der Waals surface area contributed by atoms with Gasteiger partial charge in [0, 0.05) is 11.1 Å². The molecule has 0 aromatic heterocycles. The molecule has 0 aliphatic heterocycles. The van der Waals surface area contributed by atoms with Crippen molar-refractivity contribution in [3.63, 3.8) is 0 Å². The van der Waals surface area contributed by atoms with E-state index in [4.69, 9.17) is 9.05 Å². The van der Waals surface area contributed by atoms with E-state index in [-0.39, 0.29) is 10.8 Å². The first-order valence-corrected chi connectivity index (χ1v) is 11.5. The molecule has 1 N–H and O–H groups in total. The smallest absolute Gasteiger partial charge is 0.395 e. The van der Waals surface area contributed by atoms with Crippen LogP contribution in [0.4, 0.5) is 0 Å². The third-order valence-corrected chi connectivity index (χ3v) is 5.69. The maximum absolute atomic E-state index is 13.1.